The first-order valence-corrected chi connectivity index (χ1v) is 9.12. The van der Waals surface area contributed by atoms with E-state index in [1.54, 1.807) is 4.90 Å². The number of rotatable bonds is 3. The molecule has 0 aliphatic carbocycles. The van der Waals surface area contributed by atoms with Gasteiger partial charge in [-0.05, 0) is 52.3 Å². The number of nitrogens with zero attached hydrogens (tertiary/aromatic N) is 2. The van der Waals surface area contributed by atoms with E-state index < -0.39 is 5.60 Å². The molecular weight excluding hydrogens is 340 g/mol. The van der Waals surface area contributed by atoms with E-state index in [0.29, 0.717) is 18.1 Å². The molecule has 1 aliphatic heterocycles. The first-order valence-electron chi connectivity index (χ1n) is 8.74. The molecule has 1 heterocycles. The van der Waals surface area contributed by atoms with E-state index in [9.17, 15) is 9.90 Å². The summed E-state index contributed by atoms with van der Waals surface area (Å²) in [4.78, 5) is 16.4. The van der Waals surface area contributed by atoms with Crippen LogP contribution in [0.4, 0.5) is 4.79 Å². The van der Waals surface area contributed by atoms with Crippen LogP contribution in [-0.4, -0.2) is 58.4 Å². The molecule has 1 fully saturated rings. The maximum atomic E-state index is 12.5. The summed E-state index contributed by atoms with van der Waals surface area (Å²) in [6.45, 7) is 10.8. The Morgan fingerprint density at radius 2 is 2.08 bits per heavy atom. The summed E-state index contributed by atoms with van der Waals surface area (Å²) in [7, 11) is 0. The van der Waals surface area contributed by atoms with Crippen LogP contribution in [0.2, 0.25) is 5.02 Å². The van der Waals surface area contributed by atoms with E-state index in [0.717, 1.165) is 5.56 Å². The molecule has 0 bridgehead atoms. The summed E-state index contributed by atoms with van der Waals surface area (Å²) in [6.07, 6.45) is -0.367. The van der Waals surface area contributed by atoms with Crippen molar-refractivity contribution < 1.29 is 14.6 Å². The fourth-order valence-electron chi connectivity index (χ4n) is 3.26. The molecule has 0 radical (unpaired) electrons. The number of aliphatic hydroxyl groups is 1. The summed E-state index contributed by atoms with van der Waals surface area (Å²) >= 11 is 6.12. The molecule has 1 amide bonds. The van der Waals surface area contributed by atoms with Crippen LogP contribution in [0.1, 0.15) is 46.2 Å². The molecular formula is C19H29ClN2O3. The van der Waals surface area contributed by atoms with E-state index in [1.165, 1.54) is 0 Å². The molecule has 3 atom stereocenters. The highest BCUT2D eigenvalue weighted by atomic mass is 35.5. The molecule has 1 aliphatic rings. The number of piperazine rings is 1. The van der Waals surface area contributed by atoms with Crippen molar-refractivity contribution in [3.8, 4) is 0 Å². The minimum absolute atomic E-state index is 0.0925. The Kier molecular flexibility index (Phi) is 6.35. The summed E-state index contributed by atoms with van der Waals surface area (Å²) < 4.78 is 5.49. The van der Waals surface area contributed by atoms with Gasteiger partial charge in [0, 0.05) is 30.2 Å². The van der Waals surface area contributed by atoms with Crippen molar-refractivity contribution in [1.82, 2.24) is 9.80 Å². The van der Waals surface area contributed by atoms with Crippen molar-refractivity contribution in [3.63, 3.8) is 0 Å². The molecule has 25 heavy (non-hydrogen) atoms. The van der Waals surface area contributed by atoms with Gasteiger partial charge in [0.2, 0.25) is 0 Å². The molecule has 1 aromatic carbocycles. The number of benzene rings is 1. The average Bonchev–Trinajstić information content (AvgIpc) is 2.52. The van der Waals surface area contributed by atoms with Gasteiger partial charge in [0.25, 0.3) is 0 Å². The second-order valence-corrected chi connectivity index (χ2v) is 8.18. The fourth-order valence-corrected chi connectivity index (χ4v) is 3.46. The minimum Gasteiger partial charge on any atom is -0.444 e. The molecule has 5 nitrogen and oxygen atoms in total. The first-order chi connectivity index (χ1) is 11.6. The van der Waals surface area contributed by atoms with Crippen molar-refractivity contribution in [1.29, 1.82) is 0 Å². The molecule has 1 aromatic rings. The highest BCUT2D eigenvalue weighted by molar-refractivity contribution is 6.30. The molecule has 0 spiro atoms. The smallest absolute Gasteiger partial charge is 0.410 e. The second-order valence-electron chi connectivity index (χ2n) is 7.75. The van der Waals surface area contributed by atoms with Crippen molar-refractivity contribution >= 4 is 17.7 Å². The number of amides is 1. The van der Waals surface area contributed by atoms with E-state index in [-0.39, 0.29) is 30.8 Å². The first kappa shape index (κ1) is 20.0. The molecule has 140 valence electrons. The Morgan fingerprint density at radius 1 is 1.40 bits per heavy atom. The van der Waals surface area contributed by atoms with Crippen molar-refractivity contribution in [2.45, 2.75) is 58.3 Å². The van der Waals surface area contributed by atoms with Crippen LogP contribution in [0.5, 0.6) is 0 Å². The standard InChI is InChI=1S/C19H29ClN2O3/c1-13-10-22(18(24)25-19(3,4)5)17(12-23)11-21(13)14(2)15-7-6-8-16(20)9-15/h6-9,13-14,17,23H,10-12H2,1-5H3. The van der Waals surface area contributed by atoms with Crippen LogP contribution >= 0.6 is 11.6 Å². The van der Waals surface area contributed by atoms with Gasteiger partial charge in [-0.3, -0.25) is 4.90 Å². The molecule has 6 heteroatoms. The number of hydrogen-bond donors (Lipinski definition) is 1. The third kappa shape index (κ3) is 5.09. The van der Waals surface area contributed by atoms with Gasteiger partial charge in [-0.25, -0.2) is 4.79 Å². The normalized spacial score (nSPS) is 23.4. The van der Waals surface area contributed by atoms with Crippen LogP contribution in [0.15, 0.2) is 24.3 Å². The fraction of sp³-hybridized carbons (Fsp3) is 0.632. The largest absolute Gasteiger partial charge is 0.444 e. The maximum absolute atomic E-state index is 12.5. The van der Waals surface area contributed by atoms with Gasteiger partial charge in [-0.1, -0.05) is 23.7 Å². The zero-order valence-corrected chi connectivity index (χ0v) is 16.5. The molecule has 1 N–H and O–H groups in total. The van der Waals surface area contributed by atoms with Gasteiger partial charge < -0.3 is 14.7 Å². The summed E-state index contributed by atoms with van der Waals surface area (Å²) in [5, 5.41) is 10.5. The zero-order chi connectivity index (χ0) is 18.8. The zero-order valence-electron chi connectivity index (χ0n) is 15.7. The van der Waals surface area contributed by atoms with Crippen molar-refractivity contribution in [2.24, 2.45) is 0 Å². The number of ether oxygens (including phenoxy) is 1. The Bertz CT molecular complexity index is 603. The SMILES string of the molecule is CC1CN(C(=O)OC(C)(C)C)C(CO)CN1C(C)c1cccc(Cl)c1. The van der Waals surface area contributed by atoms with Crippen LogP contribution in [0.25, 0.3) is 0 Å². The van der Waals surface area contributed by atoms with Crippen molar-refractivity contribution in [3.05, 3.63) is 34.9 Å². The van der Waals surface area contributed by atoms with Crippen LogP contribution in [0, 0.1) is 0 Å². The van der Waals surface area contributed by atoms with Crippen LogP contribution in [-0.2, 0) is 4.74 Å². The van der Waals surface area contributed by atoms with Crippen molar-refractivity contribution in [2.75, 3.05) is 19.7 Å². The number of aliphatic hydroxyl groups excluding tert-OH is 1. The molecule has 1 saturated heterocycles. The third-order valence-electron chi connectivity index (χ3n) is 4.56. The molecule has 0 aromatic heterocycles. The quantitative estimate of drug-likeness (QED) is 0.883. The number of halogens is 1. The molecule has 3 unspecified atom stereocenters. The highest BCUT2D eigenvalue weighted by Crippen LogP contribution is 2.29. The van der Waals surface area contributed by atoms with Gasteiger partial charge in [0.15, 0.2) is 0 Å². The van der Waals surface area contributed by atoms with Gasteiger partial charge in [-0.15, -0.1) is 0 Å². The Labute approximate surface area is 155 Å². The number of hydrogen-bond acceptors (Lipinski definition) is 4. The van der Waals surface area contributed by atoms with Gasteiger partial charge >= 0.3 is 6.09 Å². The predicted octanol–water partition coefficient (Wildman–Crippen LogP) is 3.70. The van der Waals surface area contributed by atoms with E-state index >= 15 is 0 Å². The maximum Gasteiger partial charge on any atom is 0.410 e. The van der Waals surface area contributed by atoms with E-state index in [1.807, 2.05) is 39.0 Å². The Hall–Kier alpha value is -1.30. The number of carbonyl (C=O) groups is 1. The van der Waals surface area contributed by atoms with Gasteiger partial charge in [-0.2, -0.15) is 0 Å². The Balaban J connectivity index is 2.14. The summed E-state index contributed by atoms with van der Waals surface area (Å²) in [5.74, 6) is 0. The Morgan fingerprint density at radius 3 is 2.64 bits per heavy atom. The topological polar surface area (TPSA) is 53.0 Å². The van der Waals surface area contributed by atoms with Crippen LogP contribution < -0.4 is 0 Å². The predicted molar refractivity (Wildman–Crippen MR) is 99.8 cm³/mol. The average molecular weight is 369 g/mol. The lowest BCUT2D eigenvalue weighted by molar-refractivity contribution is -0.0333. The van der Waals surface area contributed by atoms with Gasteiger partial charge in [0.1, 0.15) is 5.60 Å². The monoisotopic (exact) mass is 368 g/mol. The lowest BCUT2D eigenvalue weighted by atomic mass is 10.0. The summed E-state index contributed by atoms with van der Waals surface area (Å²) in [5.41, 5.74) is 0.577. The third-order valence-corrected chi connectivity index (χ3v) is 4.79. The van der Waals surface area contributed by atoms with Crippen LogP contribution in [0.3, 0.4) is 0 Å². The van der Waals surface area contributed by atoms with E-state index in [4.69, 9.17) is 16.3 Å². The lowest BCUT2D eigenvalue weighted by Gasteiger charge is -2.47. The second kappa shape index (κ2) is 7.94. The summed E-state index contributed by atoms with van der Waals surface area (Å²) in [6, 6.07) is 7.82. The van der Waals surface area contributed by atoms with Gasteiger partial charge in [0.05, 0.1) is 12.6 Å². The molecule has 2 rings (SSSR count). The van der Waals surface area contributed by atoms with E-state index in [2.05, 4.69) is 24.8 Å². The lowest BCUT2D eigenvalue weighted by Crippen LogP contribution is -2.61. The number of carbonyl (C=O) groups excluding carboxylic acids is 1. The molecule has 0 saturated carbocycles. The highest BCUT2D eigenvalue weighted by Gasteiger charge is 2.38. The minimum atomic E-state index is -0.550.